The van der Waals surface area contributed by atoms with Crippen molar-refractivity contribution in [2.75, 3.05) is 0 Å². The van der Waals surface area contributed by atoms with E-state index in [2.05, 4.69) is 0 Å². The lowest BCUT2D eigenvalue weighted by atomic mass is 10.2. The van der Waals surface area contributed by atoms with E-state index in [4.69, 9.17) is 10.8 Å². The van der Waals surface area contributed by atoms with Gasteiger partial charge in [0.1, 0.15) is 6.04 Å². The summed E-state index contributed by atoms with van der Waals surface area (Å²) in [4.78, 5) is 21.6. The highest BCUT2D eigenvalue weighted by Gasteiger charge is 2.19. The Morgan fingerprint density at radius 3 is 2.42 bits per heavy atom. The predicted molar refractivity (Wildman–Crippen MR) is 43.1 cm³/mol. The van der Waals surface area contributed by atoms with Crippen LogP contribution in [-0.2, 0) is 9.59 Å². The van der Waals surface area contributed by atoms with Crippen LogP contribution in [0.4, 0.5) is 0 Å². The van der Waals surface area contributed by atoms with Crippen molar-refractivity contribution in [2.45, 2.75) is 32.4 Å². The maximum atomic E-state index is 10.9. The number of hydrogen-bond acceptors (Lipinski definition) is 4. The van der Waals surface area contributed by atoms with E-state index >= 15 is 0 Å². The van der Waals surface area contributed by atoms with E-state index in [0.29, 0.717) is 0 Å². The maximum absolute atomic E-state index is 10.9. The van der Waals surface area contributed by atoms with Crippen LogP contribution in [0.2, 0.25) is 0 Å². The summed E-state index contributed by atoms with van der Waals surface area (Å²) in [6.45, 7) is 3.01. The van der Waals surface area contributed by atoms with Gasteiger partial charge < -0.3 is 10.8 Å². The van der Waals surface area contributed by atoms with Crippen molar-refractivity contribution in [1.29, 1.82) is 0 Å². The fourth-order valence-electron chi connectivity index (χ4n) is 0.528. The number of rotatable bonds is 3. The van der Waals surface area contributed by atoms with Crippen LogP contribution in [0.15, 0.2) is 0 Å². The second kappa shape index (κ2) is 4.84. The molecule has 0 fully saturated rings. The van der Waals surface area contributed by atoms with Crippen LogP contribution >= 0.6 is 0 Å². The zero-order chi connectivity index (χ0) is 9.72. The minimum Gasteiger partial charge on any atom is -0.391 e. The molecule has 0 rings (SSSR count). The summed E-state index contributed by atoms with van der Waals surface area (Å²) in [5, 5.41) is 10.9. The van der Waals surface area contributed by atoms with Crippen LogP contribution < -0.4 is 11.1 Å². The monoisotopic (exact) mass is 174 g/mol. The first-order valence-electron chi connectivity index (χ1n) is 3.76. The topological polar surface area (TPSA) is 92.4 Å². The number of nitrogens with two attached hydrogens (primary N) is 1. The molecular weight excluding hydrogens is 160 g/mol. The molecule has 2 amide bonds. The molecule has 0 saturated carbocycles. The molecule has 4 N–H and O–H groups in total. The zero-order valence-corrected chi connectivity index (χ0v) is 7.20. The number of imide groups is 1. The number of carbonyl (C=O) groups is 2. The first-order valence-corrected chi connectivity index (χ1v) is 3.76. The van der Waals surface area contributed by atoms with Gasteiger partial charge in [-0.2, -0.15) is 0 Å². The number of amides is 2. The number of aliphatic hydroxyl groups is 1. The molecule has 0 aromatic heterocycles. The average Bonchev–Trinajstić information content (AvgIpc) is 2.02. The van der Waals surface area contributed by atoms with Gasteiger partial charge in [0.2, 0.25) is 11.8 Å². The quantitative estimate of drug-likeness (QED) is 0.498. The summed E-state index contributed by atoms with van der Waals surface area (Å²) in [7, 11) is 0. The van der Waals surface area contributed by atoms with Gasteiger partial charge in [0.05, 0.1) is 6.10 Å². The molecule has 0 aliphatic heterocycles. The van der Waals surface area contributed by atoms with Gasteiger partial charge in [-0.1, -0.05) is 6.92 Å². The zero-order valence-electron chi connectivity index (χ0n) is 7.20. The molecule has 12 heavy (non-hydrogen) atoms. The third-order valence-electron chi connectivity index (χ3n) is 1.41. The third kappa shape index (κ3) is 3.45. The van der Waals surface area contributed by atoms with Crippen molar-refractivity contribution >= 4 is 11.8 Å². The third-order valence-corrected chi connectivity index (χ3v) is 1.41. The largest absolute Gasteiger partial charge is 0.391 e. The van der Waals surface area contributed by atoms with E-state index in [1.54, 1.807) is 6.92 Å². The number of aliphatic hydroxyl groups excluding tert-OH is 1. The molecular formula is C7H14N2O3. The van der Waals surface area contributed by atoms with Crippen LogP contribution in [0.25, 0.3) is 0 Å². The average molecular weight is 174 g/mol. The number of carbonyl (C=O) groups excluding carboxylic acids is 2. The van der Waals surface area contributed by atoms with Crippen LogP contribution in [0.3, 0.4) is 0 Å². The lowest BCUT2D eigenvalue weighted by Gasteiger charge is -2.12. The van der Waals surface area contributed by atoms with Gasteiger partial charge >= 0.3 is 0 Å². The van der Waals surface area contributed by atoms with E-state index in [1.165, 1.54) is 6.92 Å². The van der Waals surface area contributed by atoms with E-state index in [0.717, 1.165) is 0 Å². The van der Waals surface area contributed by atoms with E-state index in [9.17, 15) is 9.59 Å². The molecule has 0 saturated heterocycles. The summed E-state index contributed by atoms with van der Waals surface area (Å²) in [6.07, 6.45) is -0.729. The molecule has 0 unspecified atom stereocenters. The van der Waals surface area contributed by atoms with E-state index < -0.39 is 24.0 Å². The molecule has 0 heterocycles. The molecule has 0 aliphatic carbocycles. The van der Waals surface area contributed by atoms with Gasteiger partial charge in [0.15, 0.2) is 0 Å². The summed E-state index contributed by atoms with van der Waals surface area (Å²) in [5.41, 5.74) is 5.25. The second-order valence-electron chi connectivity index (χ2n) is 2.53. The Balaban J connectivity index is 3.96. The highest BCUT2D eigenvalue weighted by atomic mass is 16.3. The van der Waals surface area contributed by atoms with E-state index in [1.807, 2.05) is 5.32 Å². The minimum absolute atomic E-state index is 0.221. The normalized spacial score (nSPS) is 15.0. The van der Waals surface area contributed by atoms with Crippen molar-refractivity contribution < 1.29 is 14.7 Å². The lowest BCUT2D eigenvalue weighted by Crippen LogP contribution is -2.48. The Hall–Kier alpha value is -0.940. The second-order valence-corrected chi connectivity index (χ2v) is 2.53. The molecule has 5 nitrogen and oxygen atoms in total. The van der Waals surface area contributed by atoms with Crippen molar-refractivity contribution in [3.05, 3.63) is 0 Å². The van der Waals surface area contributed by atoms with Gasteiger partial charge in [0.25, 0.3) is 0 Å². The van der Waals surface area contributed by atoms with Gasteiger partial charge in [-0.25, -0.2) is 0 Å². The summed E-state index contributed by atoms with van der Waals surface area (Å²) in [6, 6.07) is -1.04. The molecule has 0 aromatic carbocycles. The smallest absolute Gasteiger partial charge is 0.246 e. The van der Waals surface area contributed by atoms with Crippen LogP contribution in [0.1, 0.15) is 20.3 Å². The first-order chi connectivity index (χ1) is 5.49. The first kappa shape index (κ1) is 11.1. The van der Waals surface area contributed by atoms with Crippen molar-refractivity contribution in [1.82, 2.24) is 5.32 Å². The summed E-state index contributed by atoms with van der Waals surface area (Å²) in [5.74, 6) is -1.03. The fraction of sp³-hybridized carbons (Fsp3) is 0.714. The molecule has 0 aromatic rings. The Morgan fingerprint density at radius 1 is 1.58 bits per heavy atom. The lowest BCUT2D eigenvalue weighted by molar-refractivity contribution is -0.132. The van der Waals surface area contributed by atoms with Gasteiger partial charge in [-0.05, 0) is 6.92 Å². The molecule has 0 spiro atoms. The van der Waals surface area contributed by atoms with Crippen molar-refractivity contribution in [2.24, 2.45) is 5.73 Å². The van der Waals surface area contributed by atoms with Gasteiger partial charge in [-0.15, -0.1) is 0 Å². The Labute approximate surface area is 70.9 Å². The Morgan fingerprint density at radius 2 is 2.08 bits per heavy atom. The molecule has 0 aliphatic rings. The van der Waals surface area contributed by atoms with Gasteiger partial charge in [0, 0.05) is 6.42 Å². The number of nitrogens with one attached hydrogen (secondary N) is 1. The predicted octanol–water partition coefficient (Wildman–Crippen LogP) is -1.25. The molecule has 70 valence electrons. The van der Waals surface area contributed by atoms with E-state index in [-0.39, 0.29) is 6.42 Å². The summed E-state index contributed by atoms with van der Waals surface area (Å²) < 4.78 is 0. The minimum atomic E-state index is -1.04. The molecule has 0 bridgehead atoms. The SMILES string of the molecule is CCC(=O)NC(=O)[C@@H](N)[C@@H](C)O. The van der Waals surface area contributed by atoms with Crippen LogP contribution in [0, 0.1) is 0 Å². The fourth-order valence-corrected chi connectivity index (χ4v) is 0.528. The summed E-state index contributed by atoms with van der Waals surface area (Å²) >= 11 is 0. The van der Waals surface area contributed by atoms with Crippen molar-refractivity contribution in [3.63, 3.8) is 0 Å². The van der Waals surface area contributed by atoms with Crippen LogP contribution in [0.5, 0.6) is 0 Å². The Kier molecular flexibility index (Phi) is 4.46. The highest BCUT2D eigenvalue weighted by molar-refractivity contribution is 5.97. The standard InChI is InChI=1S/C7H14N2O3/c1-3-5(11)9-7(12)6(8)4(2)10/h4,6,10H,3,8H2,1-2H3,(H,9,11,12)/t4-,6+/m1/s1. The molecule has 2 atom stereocenters. The van der Waals surface area contributed by atoms with Gasteiger partial charge in [-0.3, -0.25) is 14.9 Å². The molecule has 0 radical (unpaired) electrons. The van der Waals surface area contributed by atoms with Crippen molar-refractivity contribution in [3.8, 4) is 0 Å². The molecule has 5 heteroatoms. The Bertz CT molecular complexity index is 179. The maximum Gasteiger partial charge on any atom is 0.246 e. The highest BCUT2D eigenvalue weighted by Crippen LogP contribution is 1.88. The van der Waals surface area contributed by atoms with Crippen LogP contribution in [-0.4, -0.2) is 29.1 Å². The number of hydrogen-bond donors (Lipinski definition) is 3.